The minimum absolute atomic E-state index is 0.180. The number of amides is 2. The lowest BCUT2D eigenvalue weighted by molar-refractivity contribution is -0.153. The van der Waals surface area contributed by atoms with Crippen LogP contribution in [0, 0.1) is 12.3 Å². The Bertz CT molecular complexity index is 663. The molecule has 4 nitrogen and oxygen atoms in total. The van der Waals surface area contributed by atoms with Crippen molar-refractivity contribution in [1.82, 2.24) is 10.6 Å². The molecule has 3 rings (SSSR count). The van der Waals surface area contributed by atoms with Gasteiger partial charge in [-0.1, -0.05) is 18.6 Å². The van der Waals surface area contributed by atoms with Crippen molar-refractivity contribution in [3.8, 4) is 5.75 Å². The van der Waals surface area contributed by atoms with E-state index in [0.717, 1.165) is 12.8 Å². The number of ether oxygens (including phenoxy) is 1. The van der Waals surface area contributed by atoms with E-state index in [1.54, 1.807) is 32.0 Å². The van der Waals surface area contributed by atoms with Crippen LogP contribution in [-0.4, -0.2) is 24.9 Å². The van der Waals surface area contributed by atoms with Crippen molar-refractivity contribution in [2.24, 2.45) is 5.41 Å². The molecule has 1 aromatic rings. The molecule has 144 valence electrons. The lowest BCUT2D eigenvalue weighted by Gasteiger charge is -2.54. The van der Waals surface area contributed by atoms with E-state index in [0.29, 0.717) is 16.5 Å². The van der Waals surface area contributed by atoms with E-state index in [1.807, 2.05) is 0 Å². The van der Waals surface area contributed by atoms with Crippen LogP contribution in [0.25, 0.3) is 0 Å². The Morgan fingerprint density at radius 1 is 1.35 bits per heavy atom. The van der Waals surface area contributed by atoms with Gasteiger partial charge in [-0.05, 0) is 62.1 Å². The van der Waals surface area contributed by atoms with Gasteiger partial charge in [0.15, 0.2) is 6.61 Å². The van der Waals surface area contributed by atoms with E-state index >= 15 is 0 Å². The van der Waals surface area contributed by atoms with Crippen LogP contribution in [0.3, 0.4) is 0 Å². The monoisotopic (exact) mass is 370 g/mol. The van der Waals surface area contributed by atoms with Crippen molar-refractivity contribution in [1.29, 1.82) is 0 Å². The zero-order valence-corrected chi connectivity index (χ0v) is 15.1. The van der Waals surface area contributed by atoms with Crippen molar-refractivity contribution >= 4 is 6.03 Å². The summed E-state index contributed by atoms with van der Waals surface area (Å²) in [5, 5.41) is 5.83. The zero-order chi connectivity index (χ0) is 18.9. The normalized spacial score (nSPS) is 20.0. The van der Waals surface area contributed by atoms with E-state index in [9.17, 15) is 18.0 Å². The van der Waals surface area contributed by atoms with Crippen LogP contribution in [0.2, 0.25) is 0 Å². The maximum Gasteiger partial charge on any atom is 0.422 e. The highest BCUT2D eigenvalue weighted by Crippen LogP contribution is 2.55. The molecule has 1 aromatic carbocycles. The second kappa shape index (κ2) is 7.00. The first-order valence-electron chi connectivity index (χ1n) is 9.03. The fraction of sp³-hybridized carbons (Fsp3) is 0.632. The second-order valence-electron chi connectivity index (χ2n) is 7.73. The smallest absolute Gasteiger partial charge is 0.422 e. The third-order valence-corrected chi connectivity index (χ3v) is 5.56. The summed E-state index contributed by atoms with van der Waals surface area (Å²) in [6.45, 7) is 2.15. The predicted molar refractivity (Wildman–Crippen MR) is 92.1 cm³/mol. The highest BCUT2D eigenvalue weighted by molar-refractivity contribution is 5.75. The number of hydrogen-bond donors (Lipinski definition) is 2. The third kappa shape index (κ3) is 4.43. The first-order valence-corrected chi connectivity index (χ1v) is 9.03. The molecular formula is C19H25F3N2O2. The Balaban J connectivity index is 1.52. The van der Waals surface area contributed by atoms with Crippen LogP contribution >= 0.6 is 0 Å². The first-order chi connectivity index (χ1) is 12.2. The molecule has 7 heteroatoms. The molecule has 0 aliphatic heterocycles. The van der Waals surface area contributed by atoms with Gasteiger partial charge in [0.05, 0.1) is 6.04 Å². The molecule has 0 aromatic heterocycles. The van der Waals surface area contributed by atoms with Crippen LogP contribution in [0.5, 0.6) is 5.75 Å². The Hall–Kier alpha value is -1.92. The van der Waals surface area contributed by atoms with E-state index < -0.39 is 12.8 Å². The number of rotatable bonds is 5. The molecule has 2 fully saturated rings. The number of aryl methyl sites for hydroxylation is 1. The lowest BCUT2D eigenvalue weighted by atomic mass is 9.54. The molecule has 0 saturated heterocycles. The highest BCUT2D eigenvalue weighted by atomic mass is 19.4. The molecule has 1 atom stereocenters. The van der Waals surface area contributed by atoms with Crippen LogP contribution in [0.15, 0.2) is 18.2 Å². The summed E-state index contributed by atoms with van der Waals surface area (Å²) in [5.41, 5.74) is 1.81. The van der Waals surface area contributed by atoms with E-state index in [-0.39, 0.29) is 23.9 Å². The Morgan fingerprint density at radius 2 is 2.04 bits per heavy atom. The van der Waals surface area contributed by atoms with Crippen molar-refractivity contribution in [2.75, 3.05) is 6.61 Å². The maximum atomic E-state index is 12.4. The fourth-order valence-corrected chi connectivity index (χ4v) is 3.88. The van der Waals surface area contributed by atoms with Gasteiger partial charge in [0, 0.05) is 6.04 Å². The molecule has 2 saturated carbocycles. The van der Waals surface area contributed by atoms with Crippen molar-refractivity contribution < 1.29 is 22.7 Å². The summed E-state index contributed by atoms with van der Waals surface area (Å²) in [4.78, 5) is 12.2. The van der Waals surface area contributed by atoms with Gasteiger partial charge in [0.2, 0.25) is 0 Å². The van der Waals surface area contributed by atoms with Gasteiger partial charge in [0.1, 0.15) is 5.75 Å². The van der Waals surface area contributed by atoms with Crippen LogP contribution in [0.1, 0.15) is 56.2 Å². The average Bonchev–Trinajstić information content (AvgIpc) is 2.46. The van der Waals surface area contributed by atoms with Gasteiger partial charge >= 0.3 is 12.2 Å². The number of carbonyl (C=O) groups excluding carboxylic acids is 1. The summed E-state index contributed by atoms with van der Waals surface area (Å²) in [6.07, 6.45) is 1.55. The van der Waals surface area contributed by atoms with Crippen molar-refractivity contribution in [2.45, 2.75) is 64.2 Å². The molecule has 0 bridgehead atoms. The summed E-state index contributed by atoms with van der Waals surface area (Å²) < 4.78 is 42.0. The molecule has 1 unspecified atom stereocenters. The van der Waals surface area contributed by atoms with E-state index in [1.165, 1.54) is 19.3 Å². The molecule has 2 aliphatic carbocycles. The van der Waals surface area contributed by atoms with Crippen LogP contribution in [0.4, 0.5) is 18.0 Å². The molecule has 1 spiro atoms. The van der Waals surface area contributed by atoms with Crippen LogP contribution < -0.4 is 15.4 Å². The number of benzene rings is 1. The highest BCUT2D eigenvalue weighted by Gasteiger charge is 2.48. The number of carbonyl (C=O) groups is 1. The van der Waals surface area contributed by atoms with Gasteiger partial charge in [-0.25, -0.2) is 4.79 Å². The zero-order valence-electron chi connectivity index (χ0n) is 15.1. The molecule has 0 heterocycles. The quantitative estimate of drug-likeness (QED) is 0.794. The van der Waals surface area contributed by atoms with Crippen molar-refractivity contribution in [3.63, 3.8) is 0 Å². The lowest BCUT2D eigenvalue weighted by Crippen LogP contribution is -2.55. The number of urea groups is 1. The molecule has 0 radical (unpaired) electrons. The van der Waals surface area contributed by atoms with Crippen LogP contribution in [-0.2, 0) is 0 Å². The molecule has 2 amide bonds. The van der Waals surface area contributed by atoms with Crippen molar-refractivity contribution in [3.05, 3.63) is 29.3 Å². The molecular weight excluding hydrogens is 345 g/mol. The second-order valence-corrected chi connectivity index (χ2v) is 7.73. The first kappa shape index (κ1) is 18.9. The predicted octanol–water partition coefficient (Wildman–Crippen LogP) is 4.63. The SMILES string of the molecule is Cc1ccc(C(C)NC(=O)NC2CC3(CCC3)C2)cc1OCC(F)(F)F. The number of hydrogen-bond acceptors (Lipinski definition) is 2. The van der Waals surface area contributed by atoms with Gasteiger partial charge in [-0.15, -0.1) is 0 Å². The standard InChI is InChI=1S/C19H25F3N2O2/c1-12-4-5-14(8-16(12)26-11-19(20,21)22)13(2)23-17(25)24-15-9-18(10-15)6-3-7-18/h4-5,8,13,15H,3,6-7,9-11H2,1-2H3,(H2,23,24,25). The van der Waals surface area contributed by atoms with Gasteiger partial charge in [0.25, 0.3) is 0 Å². The minimum atomic E-state index is -4.38. The molecule has 26 heavy (non-hydrogen) atoms. The molecule has 2 N–H and O–H groups in total. The van der Waals surface area contributed by atoms with Gasteiger partial charge in [-0.3, -0.25) is 0 Å². The third-order valence-electron chi connectivity index (χ3n) is 5.56. The topological polar surface area (TPSA) is 50.4 Å². The summed E-state index contributed by atoms with van der Waals surface area (Å²) in [6, 6.07) is 4.69. The largest absolute Gasteiger partial charge is 0.484 e. The number of nitrogens with one attached hydrogen (secondary N) is 2. The summed E-state index contributed by atoms with van der Waals surface area (Å²) in [7, 11) is 0. The average molecular weight is 370 g/mol. The number of alkyl halides is 3. The minimum Gasteiger partial charge on any atom is -0.484 e. The molecule has 2 aliphatic rings. The summed E-state index contributed by atoms with van der Waals surface area (Å²) in [5.74, 6) is 0.180. The fourth-order valence-electron chi connectivity index (χ4n) is 3.88. The van der Waals surface area contributed by atoms with Gasteiger partial charge < -0.3 is 15.4 Å². The number of halogens is 3. The summed E-state index contributed by atoms with van der Waals surface area (Å²) >= 11 is 0. The van der Waals surface area contributed by atoms with Gasteiger partial charge in [-0.2, -0.15) is 13.2 Å². The Morgan fingerprint density at radius 3 is 2.62 bits per heavy atom. The van der Waals surface area contributed by atoms with E-state index in [4.69, 9.17) is 4.74 Å². The Kier molecular flexibility index (Phi) is 5.08. The van der Waals surface area contributed by atoms with E-state index in [2.05, 4.69) is 10.6 Å². The maximum absolute atomic E-state index is 12.4. The Labute approximate surface area is 151 Å².